The first-order chi connectivity index (χ1) is 14.2. The van der Waals surface area contributed by atoms with Crippen molar-refractivity contribution in [3.8, 4) is 0 Å². The van der Waals surface area contributed by atoms with E-state index in [0.717, 1.165) is 24.9 Å². The van der Waals surface area contributed by atoms with E-state index in [-0.39, 0.29) is 24.2 Å². The molecule has 158 valence electrons. The molecule has 2 saturated heterocycles. The van der Waals surface area contributed by atoms with E-state index in [1.807, 2.05) is 41.3 Å². The van der Waals surface area contributed by atoms with Crippen LogP contribution in [0.2, 0.25) is 0 Å². The molecule has 2 unspecified atom stereocenters. The summed E-state index contributed by atoms with van der Waals surface area (Å²) in [4.78, 5) is 27.5. The molecule has 0 aliphatic carbocycles. The van der Waals surface area contributed by atoms with Gasteiger partial charge in [0.05, 0.1) is 0 Å². The predicted octanol–water partition coefficient (Wildman–Crippen LogP) is 4.17. The van der Waals surface area contributed by atoms with Gasteiger partial charge in [-0.3, -0.25) is 9.59 Å². The minimum Gasteiger partial charge on any atom is -0.326 e. The molecule has 2 fully saturated rings. The molecule has 0 aromatic heterocycles. The Morgan fingerprint density at radius 2 is 1.80 bits per heavy atom. The van der Waals surface area contributed by atoms with E-state index in [0.29, 0.717) is 42.2 Å². The molecular weight excluding hydrogens is 398 g/mol. The molecule has 0 radical (unpaired) electrons. The smallest absolute Gasteiger partial charge is 0.258 e. The number of carbonyl (C=O) groups is 2. The van der Waals surface area contributed by atoms with E-state index in [1.54, 1.807) is 6.07 Å². The Morgan fingerprint density at radius 3 is 2.60 bits per heavy atom. The van der Waals surface area contributed by atoms with Crippen LogP contribution in [0.25, 0.3) is 0 Å². The third-order valence-corrected chi connectivity index (χ3v) is 6.57. The molecule has 0 saturated carbocycles. The molecule has 2 bridgehead atoms. The van der Waals surface area contributed by atoms with Crippen molar-refractivity contribution in [2.24, 2.45) is 5.92 Å². The highest BCUT2D eigenvalue weighted by molar-refractivity contribution is 6.08. The molecule has 5 nitrogen and oxygen atoms in total. The van der Waals surface area contributed by atoms with Crippen molar-refractivity contribution in [2.75, 3.05) is 16.8 Å². The van der Waals surface area contributed by atoms with Gasteiger partial charge in [0.15, 0.2) is 0 Å². The summed E-state index contributed by atoms with van der Waals surface area (Å²) in [5.74, 6) is 0.494. The maximum absolute atomic E-state index is 13.0. The molecule has 6 heteroatoms. The van der Waals surface area contributed by atoms with Crippen LogP contribution in [0.5, 0.6) is 0 Å². The molecule has 3 heterocycles. The van der Waals surface area contributed by atoms with Gasteiger partial charge in [-0.05, 0) is 67.9 Å². The second-order valence-corrected chi connectivity index (χ2v) is 8.64. The average Bonchev–Trinajstić information content (AvgIpc) is 3.30. The van der Waals surface area contributed by atoms with E-state index in [1.165, 1.54) is 18.4 Å². The number of benzene rings is 2. The van der Waals surface area contributed by atoms with Crippen LogP contribution in [-0.2, 0) is 11.2 Å². The third kappa shape index (κ3) is 4.23. The molecule has 2 aromatic carbocycles. The van der Waals surface area contributed by atoms with Crippen molar-refractivity contribution in [1.29, 1.82) is 0 Å². The largest absolute Gasteiger partial charge is 0.326 e. The fourth-order valence-electron chi connectivity index (χ4n) is 5.25. The first-order valence-corrected chi connectivity index (χ1v) is 10.7. The Bertz CT molecular complexity index is 936. The number of amides is 2. The number of fused-ring (bicyclic) bond motifs is 3. The summed E-state index contributed by atoms with van der Waals surface area (Å²) < 4.78 is 0. The lowest BCUT2D eigenvalue weighted by molar-refractivity contribution is -0.117. The highest BCUT2D eigenvalue weighted by Crippen LogP contribution is 2.33. The second kappa shape index (κ2) is 8.78. The standard InChI is InChI=1S/C24H27N3O2.ClH/c28-23(14-16-12-20-8-9-21(13-16)25-20)26-19-6-3-5-18(15-19)24(29)27-11-10-17-4-1-2-7-22(17)27;/h1-7,15-16,20-21,25H,8-14H2,(H,26,28);1H. The van der Waals surface area contributed by atoms with Gasteiger partial charge in [0.1, 0.15) is 0 Å². The fraction of sp³-hybridized carbons (Fsp3) is 0.417. The lowest BCUT2D eigenvalue weighted by Gasteiger charge is -2.28. The summed E-state index contributed by atoms with van der Waals surface area (Å²) in [6.07, 6.45) is 6.12. The summed E-state index contributed by atoms with van der Waals surface area (Å²) >= 11 is 0. The van der Waals surface area contributed by atoms with Crippen LogP contribution in [0, 0.1) is 5.92 Å². The molecule has 3 aliphatic heterocycles. The van der Waals surface area contributed by atoms with Gasteiger partial charge in [0, 0.05) is 42.0 Å². The lowest BCUT2D eigenvalue weighted by atomic mass is 9.89. The van der Waals surface area contributed by atoms with Crippen LogP contribution >= 0.6 is 12.4 Å². The first-order valence-electron chi connectivity index (χ1n) is 10.7. The summed E-state index contributed by atoms with van der Waals surface area (Å²) in [7, 11) is 0. The van der Waals surface area contributed by atoms with Gasteiger partial charge in [0.2, 0.25) is 5.91 Å². The molecule has 2 amide bonds. The quantitative estimate of drug-likeness (QED) is 0.772. The van der Waals surface area contributed by atoms with Crippen molar-refractivity contribution in [2.45, 2.75) is 50.6 Å². The van der Waals surface area contributed by atoms with Crippen LogP contribution in [-0.4, -0.2) is 30.4 Å². The number of anilines is 2. The van der Waals surface area contributed by atoms with Gasteiger partial charge in [-0.25, -0.2) is 0 Å². The van der Waals surface area contributed by atoms with E-state index in [9.17, 15) is 9.59 Å². The van der Waals surface area contributed by atoms with Crippen LogP contribution in [0.3, 0.4) is 0 Å². The van der Waals surface area contributed by atoms with Gasteiger partial charge in [-0.2, -0.15) is 0 Å². The number of hydrogen-bond donors (Lipinski definition) is 2. The Balaban J connectivity index is 0.00000218. The van der Waals surface area contributed by atoms with Gasteiger partial charge in [0.25, 0.3) is 5.91 Å². The summed E-state index contributed by atoms with van der Waals surface area (Å²) in [6, 6.07) is 16.6. The van der Waals surface area contributed by atoms with Crippen molar-refractivity contribution in [3.63, 3.8) is 0 Å². The first kappa shape index (κ1) is 20.9. The molecule has 0 spiro atoms. The minimum atomic E-state index is -0.0130. The number of nitrogens with one attached hydrogen (secondary N) is 2. The summed E-state index contributed by atoms with van der Waals surface area (Å²) in [5.41, 5.74) is 3.51. The van der Waals surface area contributed by atoms with Crippen LogP contribution < -0.4 is 15.5 Å². The maximum atomic E-state index is 13.0. The van der Waals surface area contributed by atoms with Crippen LogP contribution in [0.1, 0.15) is 48.0 Å². The maximum Gasteiger partial charge on any atom is 0.258 e. The SMILES string of the molecule is Cl.O=C(CC1CC2CCC(C1)N2)Nc1cccc(C(=O)N2CCc3ccccc32)c1. The molecule has 2 aromatic rings. The molecule has 3 aliphatic rings. The van der Waals surface area contributed by atoms with Crippen molar-refractivity contribution in [1.82, 2.24) is 5.32 Å². The molecule has 2 N–H and O–H groups in total. The minimum absolute atomic E-state index is 0. The van der Waals surface area contributed by atoms with E-state index in [4.69, 9.17) is 0 Å². The van der Waals surface area contributed by atoms with E-state index >= 15 is 0 Å². The number of nitrogens with zero attached hydrogens (tertiary/aromatic N) is 1. The monoisotopic (exact) mass is 425 g/mol. The number of para-hydroxylation sites is 1. The van der Waals surface area contributed by atoms with Crippen molar-refractivity contribution < 1.29 is 9.59 Å². The predicted molar refractivity (Wildman–Crippen MR) is 121 cm³/mol. The lowest BCUT2D eigenvalue weighted by Crippen LogP contribution is -2.39. The highest BCUT2D eigenvalue weighted by Gasteiger charge is 2.34. The van der Waals surface area contributed by atoms with Crippen molar-refractivity contribution in [3.05, 3.63) is 59.7 Å². The van der Waals surface area contributed by atoms with Crippen LogP contribution in [0.4, 0.5) is 11.4 Å². The highest BCUT2D eigenvalue weighted by atomic mass is 35.5. The van der Waals surface area contributed by atoms with Gasteiger partial charge in [-0.1, -0.05) is 24.3 Å². The Hall–Kier alpha value is -2.37. The average molecular weight is 426 g/mol. The number of halogens is 1. The van der Waals surface area contributed by atoms with Gasteiger partial charge in [-0.15, -0.1) is 12.4 Å². The van der Waals surface area contributed by atoms with E-state index < -0.39 is 0 Å². The second-order valence-electron chi connectivity index (χ2n) is 8.64. The normalized spacial score (nSPS) is 24.1. The molecular formula is C24H28ClN3O2. The van der Waals surface area contributed by atoms with Crippen molar-refractivity contribution >= 4 is 35.6 Å². The number of piperidine rings is 1. The number of carbonyl (C=O) groups excluding carboxylic acids is 2. The summed E-state index contributed by atoms with van der Waals surface area (Å²) in [6.45, 7) is 0.701. The summed E-state index contributed by atoms with van der Waals surface area (Å²) in [5, 5.41) is 6.64. The molecule has 5 rings (SSSR count). The van der Waals surface area contributed by atoms with Gasteiger partial charge < -0.3 is 15.5 Å². The number of rotatable bonds is 4. The topological polar surface area (TPSA) is 61.4 Å². The Morgan fingerprint density at radius 1 is 1.03 bits per heavy atom. The van der Waals surface area contributed by atoms with Gasteiger partial charge >= 0.3 is 0 Å². The van der Waals surface area contributed by atoms with Crippen LogP contribution in [0.15, 0.2) is 48.5 Å². The third-order valence-electron chi connectivity index (χ3n) is 6.57. The van der Waals surface area contributed by atoms with E-state index in [2.05, 4.69) is 16.7 Å². The Labute approximate surface area is 183 Å². The zero-order chi connectivity index (χ0) is 19.8. The zero-order valence-corrected chi connectivity index (χ0v) is 17.8. The molecule has 30 heavy (non-hydrogen) atoms. The fourth-order valence-corrected chi connectivity index (χ4v) is 5.25. The Kier molecular flexibility index (Phi) is 6.11. The zero-order valence-electron chi connectivity index (χ0n) is 17.0. The molecule has 2 atom stereocenters. The number of hydrogen-bond acceptors (Lipinski definition) is 3.